The molecule has 0 aliphatic heterocycles. The van der Waals surface area contributed by atoms with E-state index in [-0.39, 0.29) is 23.7 Å². The lowest BCUT2D eigenvalue weighted by Gasteiger charge is -2.21. The van der Waals surface area contributed by atoms with Gasteiger partial charge in [-0.3, -0.25) is 5.10 Å². The van der Waals surface area contributed by atoms with Gasteiger partial charge in [-0.05, 0) is 43.3 Å². The monoisotopic (exact) mass is 476 g/mol. The fourth-order valence-corrected chi connectivity index (χ4v) is 2.99. The molecule has 1 atom stereocenters. The Kier molecular flexibility index (Phi) is 6.14. The van der Waals surface area contributed by atoms with Crippen molar-refractivity contribution in [1.82, 2.24) is 20.2 Å². The maximum absolute atomic E-state index is 13.5. The fraction of sp³-hybridized carbons (Fsp3) is 0.200. The quantitative estimate of drug-likeness (QED) is 0.335. The molecule has 0 radical (unpaired) electrons. The van der Waals surface area contributed by atoms with Crippen LogP contribution in [-0.4, -0.2) is 32.4 Å². The zero-order valence-corrected chi connectivity index (χ0v) is 17.0. The number of fused-ring (bicyclic) bond motifs is 1. The van der Waals surface area contributed by atoms with E-state index in [1.165, 1.54) is 12.4 Å². The Bertz CT molecular complexity index is 1230. The first-order valence-corrected chi connectivity index (χ1v) is 8.96. The zero-order valence-electron chi connectivity index (χ0n) is 16.2. The molecule has 2 aromatic heterocycles. The Balaban J connectivity index is 0.00000289. The van der Waals surface area contributed by atoms with Crippen LogP contribution < -0.4 is 4.74 Å². The molecule has 2 N–H and O–H groups in total. The summed E-state index contributed by atoms with van der Waals surface area (Å²) in [5, 5.41) is 6.80. The third kappa shape index (κ3) is 4.67. The summed E-state index contributed by atoms with van der Waals surface area (Å²) in [5.41, 5.74) is 1.75. The lowest BCUT2D eigenvalue weighted by atomic mass is 10.0. The van der Waals surface area contributed by atoms with E-state index in [2.05, 4.69) is 24.9 Å². The molecule has 0 saturated heterocycles. The van der Waals surface area contributed by atoms with Crippen molar-refractivity contribution in [2.24, 2.45) is 0 Å². The molecule has 4 rings (SSSR count). The molecule has 0 unspecified atom stereocenters. The van der Waals surface area contributed by atoms with Crippen LogP contribution in [0.3, 0.4) is 0 Å². The van der Waals surface area contributed by atoms with E-state index in [1.807, 2.05) is 0 Å². The van der Waals surface area contributed by atoms with Crippen LogP contribution in [0.5, 0.6) is 5.75 Å². The van der Waals surface area contributed by atoms with Gasteiger partial charge in [0.1, 0.15) is 5.75 Å². The number of nitrogens with one attached hydrogen (secondary N) is 2. The van der Waals surface area contributed by atoms with Crippen molar-refractivity contribution in [1.29, 1.82) is 0 Å². The Morgan fingerprint density at radius 2 is 1.66 bits per heavy atom. The van der Waals surface area contributed by atoms with Gasteiger partial charge in [0, 0.05) is 11.1 Å². The van der Waals surface area contributed by atoms with Crippen LogP contribution in [0.4, 0.5) is 26.3 Å². The molecule has 170 valence electrons. The molecule has 32 heavy (non-hydrogen) atoms. The first-order valence-electron chi connectivity index (χ1n) is 8.96. The minimum atomic E-state index is -4.92. The van der Waals surface area contributed by atoms with Crippen LogP contribution >= 0.6 is 12.4 Å². The van der Waals surface area contributed by atoms with Crippen LogP contribution in [-0.2, 0) is 6.18 Å². The topological polar surface area (TPSA) is 66.6 Å². The highest BCUT2D eigenvalue weighted by Crippen LogP contribution is 2.40. The highest BCUT2D eigenvalue weighted by atomic mass is 35.5. The molecule has 0 bridgehead atoms. The summed E-state index contributed by atoms with van der Waals surface area (Å²) >= 11 is 0. The van der Waals surface area contributed by atoms with Crippen molar-refractivity contribution in [2.75, 3.05) is 0 Å². The number of benzene rings is 2. The van der Waals surface area contributed by atoms with Gasteiger partial charge in [-0.15, -0.1) is 12.4 Å². The molecule has 12 heteroatoms. The molecule has 5 nitrogen and oxygen atoms in total. The summed E-state index contributed by atoms with van der Waals surface area (Å²) in [6, 6.07) is 9.71. The number of rotatable bonds is 4. The van der Waals surface area contributed by atoms with Crippen LogP contribution in [0, 0.1) is 0 Å². The van der Waals surface area contributed by atoms with Gasteiger partial charge in [0.2, 0.25) is 0 Å². The van der Waals surface area contributed by atoms with Crippen molar-refractivity contribution in [3.8, 4) is 28.3 Å². The number of alkyl halides is 6. The number of imidazole rings is 1. The van der Waals surface area contributed by atoms with E-state index < -0.39 is 29.8 Å². The van der Waals surface area contributed by atoms with Crippen LogP contribution in [0.25, 0.3) is 33.5 Å². The molecule has 0 amide bonds. The van der Waals surface area contributed by atoms with Crippen LogP contribution in [0.15, 0.2) is 48.8 Å². The van der Waals surface area contributed by atoms with E-state index in [4.69, 9.17) is 0 Å². The second kappa shape index (κ2) is 8.38. The molecular formula is C20H15ClF6N4O. The smallest absolute Gasteiger partial charge is 0.425 e. The van der Waals surface area contributed by atoms with Gasteiger partial charge < -0.3 is 9.72 Å². The summed E-state index contributed by atoms with van der Waals surface area (Å²) in [5.74, 6) is -0.901. The van der Waals surface area contributed by atoms with Gasteiger partial charge >= 0.3 is 12.4 Å². The summed E-state index contributed by atoms with van der Waals surface area (Å²) in [4.78, 5) is 7.07. The van der Waals surface area contributed by atoms with Crippen LogP contribution in [0.2, 0.25) is 0 Å². The average molecular weight is 477 g/mol. The lowest BCUT2D eigenvalue weighted by Crippen LogP contribution is -2.31. The van der Waals surface area contributed by atoms with E-state index in [0.29, 0.717) is 12.6 Å². The van der Waals surface area contributed by atoms with Crippen molar-refractivity contribution in [2.45, 2.75) is 25.4 Å². The second-order valence-corrected chi connectivity index (χ2v) is 6.81. The van der Waals surface area contributed by atoms with Gasteiger partial charge in [0.05, 0.1) is 34.3 Å². The predicted molar refractivity (Wildman–Crippen MR) is 108 cm³/mol. The maximum Gasteiger partial charge on any atom is 0.425 e. The molecule has 0 aliphatic rings. The number of aromatic amines is 2. The van der Waals surface area contributed by atoms with Crippen molar-refractivity contribution >= 4 is 23.4 Å². The number of hydrogen-bond donors (Lipinski definition) is 2. The van der Waals surface area contributed by atoms with Gasteiger partial charge in [0.15, 0.2) is 6.10 Å². The van der Waals surface area contributed by atoms with Crippen LogP contribution in [0.1, 0.15) is 12.5 Å². The Morgan fingerprint density at radius 1 is 0.938 bits per heavy atom. The fourth-order valence-electron chi connectivity index (χ4n) is 2.99. The number of hydrogen-bond acceptors (Lipinski definition) is 3. The van der Waals surface area contributed by atoms with E-state index in [0.717, 1.165) is 28.7 Å². The molecule has 0 spiro atoms. The third-order valence-corrected chi connectivity index (χ3v) is 4.65. The first-order chi connectivity index (χ1) is 14.5. The predicted octanol–water partition coefficient (Wildman–Crippen LogP) is 6.39. The van der Waals surface area contributed by atoms with E-state index in [9.17, 15) is 26.3 Å². The summed E-state index contributed by atoms with van der Waals surface area (Å²) in [6.45, 7) is 0.643. The van der Waals surface area contributed by atoms with Crippen molar-refractivity contribution in [3.63, 3.8) is 0 Å². The first kappa shape index (κ1) is 23.5. The number of halogens is 7. The molecule has 0 fully saturated rings. The standard InChI is InChI=1S/C20H14F6N4O.ClH/c1-10(19(21,22)23)31-18-5-3-11(6-13(18)20(24,25)26)15-8-16(30-29-15)12-2-4-14-17(7-12)28-9-27-14;/h2-10H,1H3,(H,27,28)(H,29,30);1H/t10-;/m0./s1. The largest absolute Gasteiger partial charge is 0.481 e. The number of nitrogens with zero attached hydrogens (tertiary/aromatic N) is 2. The van der Waals surface area contributed by atoms with Gasteiger partial charge in [-0.25, -0.2) is 4.98 Å². The van der Waals surface area contributed by atoms with E-state index >= 15 is 0 Å². The molecule has 4 aromatic rings. The molecule has 2 aromatic carbocycles. The number of ether oxygens (including phenoxy) is 1. The number of H-pyrrole nitrogens is 2. The normalized spacial score (nSPS) is 13.1. The molecule has 0 aliphatic carbocycles. The molecule has 2 heterocycles. The Labute approximate surface area is 183 Å². The minimum Gasteiger partial charge on any atom is -0.481 e. The molecule has 0 saturated carbocycles. The lowest BCUT2D eigenvalue weighted by molar-refractivity contribution is -0.191. The van der Waals surface area contributed by atoms with Gasteiger partial charge in [-0.1, -0.05) is 6.07 Å². The van der Waals surface area contributed by atoms with Gasteiger partial charge in [0.25, 0.3) is 0 Å². The molecular weight excluding hydrogens is 462 g/mol. The van der Waals surface area contributed by atoms with Crippen molar-refractivity contribution < 1.29 is 31.1 Å². The summed E-state index contributed by atoms with van der Waals surface area (Å²) in [7, 11) is 0. The Hall–Kier alpha value is -3.21. The number of aromatic nitrogens is 4. The average Bonchev–Trinajstić information content (AvgIpc) is 3.35. The SMILES string of the molecule is C[C@H](Oc1ccc(-c2cc(-c3ccc4nc[nH]c4c3)[nH]n2)cc1C(F)(F)F)C(F)(F)F.Cl. The summed E-state index contributed by atoms with van der Waals surface area (Å²) in [6.07, 6.45) is -10.6. The highest BCUT2D eigenvalue weighted by Gasteiger charge is 2.41. The highest BCUT2D eigenvalue weighted by molar-refractivity contribution is 5.85. The third-order valence-electron chi connectivity index (χ3n) is 4.65. The van der Waals surface area contributed by atoms with E-state index in [1.54, 1.807) is 24.3 Å². The summed E-state index contributed by atoms with van der Waals surface area (Å²) < 4.78 is 83.2. The zero-order chi connectivity index (χ0) is 22.4. The Morgan fingerprint density at radius 3 is 2.34 bits per heavy atom. The maximum atomic E-state index is 13.5. The second-order valence-electron chi connectivity index (χ2n) is 6.81. The minimum absolute atomic E-state index is 0. The van der Waals surface area contributed by atoms with Crippen molar-refractivity contribution in [3.05, 3.63) is 54.4 Å². The van der Waals surface area contributed by atoms with Gasteiger partial charge in [-0.2, -0.15) is 31.4 Å².